The highest BCUT2D eigenvalue weighted by Crippen LogP contribution is 2.44. The van der Waals surface area contributed by atoms with Crippen LogP contribution in [0.2, 0.25) is 0 Å². The first-order valence-corrected chi connectivity index (χ1v) is 8.11. The number of amides is 1. The minimum Gasteiger partial charge on any atom is -0.354 e. The Bertz CT molecular complexity index is 423. The Balaban J connectivity index is 2.62. The summed E-state index contributed by atoms with van der Waals surface area (Å²) in [6.07, 6.45) is 2.76. The Hall–Kier alpha value is -0.620. The highest BCUT2D eigenvalue weighted by molar-refractivity contribution is 7.92. The van der Waals surface area contributed by atoms with Gasteiger partial charge in [-0.2, -0.15) is 0 Å². The molecule has 0 aromatic carbocycles. The number of rotatable bonds is 5. The van der Waals surface area contributed by atoms with Gasteiger partial charge in [-0.15, -0.1) is 0 Å². The lowest BCUT2D eigenvalue weighted by Crippen LogP contribution is -2.56. The smallest absolute Gasteiger partial charge is 0.227 e. The highest BCUT2D eigenvalue weighted by Gasteiger charge is 2.47. The van der Waals surface area contributed by atoms with Crippen LogP contribution in [0.1, 0.15) is 33.6 Å². The molecular weight excluding hydrogens is 252 g/mol. The van der Waals surface area contributed by atoms with Gasteiger partial charge in [0.25, 0.3) is 0 Å². The second-order valence-electron chi connectivity index (χ2n) is 6.21. The summed E-state index contributed by atoms with van der Waals surface area (Å²) in [7, 11) is -3.20. The van der Waals surface area contributed by atoms with Crippen LogP contribution >= 0.6 is 0 Å². The molecule has 0 radical (unpaired) electrons. The Morgan fingerprint density at radius 3 is 2.28 bits per heavy atom. The maximum atomic E-state index is 12.1. The average molecular weight is 276 g/mol. The van der Waals surface area contributed by atoms with Gasteiger partial charge in [0.1, 0.15) is 0 Å². The van der Waals surface area contributed by atoms with Gasteiger partial charge in [-0.05, 0) is 32.6 Å². The number of sulfone groups is 1. The summed E-state index contributed by atoms with van der Waals surface area (Å²) >= 11 is 0. The van der Waals surface area contributed by atoms with Crippen LogP contribution in [-0.4, -0.2) is 38.4 Å². The summed E-state index contributed by atoms with van der Waals surface area (Å²) in [5, 5.41) is 2.75. The van der Waals surface area contributed by atoms with Gasteiger partial charge in [-0.25, -0.2) is 8.42 Å². The van der Waals surface area contributed by atoms with Crippen LogP contribution in [0.3, 0.4) is 0 Å². The summed E-state index contributed by atoms with van der Waals surface area (Å²) in [4.78, 5) is 12.1. The number of hydrogen-bond donors (Lipinski definition) is 2. The van der Waals surface area contributed by atoms with Crippen molar-refractivity contribution in [2.75, 3.05) is 19.3 Å². The largest absolute Gasteiger partial charge is 0.354 e. The number of carbonyl (C=O) groups is 1. The first-order valence-electron chi connectivity index (χ1n) is 6.22. The van der Waals surface area contributed by atoms with Gasteiger partial charge in [0.2, 0.25) is 5.91 Å². The van der Waals surface area contributed by atoms with Crippen molar-refractivity contribution in [3.8, 4) is 0 Å². The van der Waals surface area contributed by atoms with E-state index in [0.717, 1.165) is 12.8 Å². The first kappa shape index (κ1) is 15.4. The van der Waals surface area contributed by atoms with Crippen LogP contribution in [0.5, 0.6) is 0 Å². The molecule has 1 aliphatic carbocycles. The molecule has 0 atom stereocenters. The number of nitrogens with one attached hydrogen (secondary N) is 1. The number of carbonyl (C=O) groups excluding carboxylic acids is 1. The summed E-state index contributed by atoms with van der Waals surface area (Å²) in [5.41, 5.74) is 5.20. The summed E-state index contributed by atoms with van der Waals surface area (Å²) < 4.78 is 22.1. The van der Waals surface area contributed by atoms with E-state index >= 15 is 0 Å². The molecule has 0 aliphatic heterocycles. The van der Waals surface area contributed by atoms with Crippen molar-refractivity contribution < 1.29 is 13.2 Å². The lowest BCUT2D eigenvalue weighted by atomic mass is 9.62. The minimum atomic E-state index is -3.20. The molecular formula is C12H24N2O3S. The van der Waals surface area contributed by atoms with E-state index in [1.807, 2.05) is 0 Å². The van der Waals surface area contributed by atoms with Crippen molar-refractivity contribution in [1.82, 2.24) is 5.32 Å². The zero-order chi connectivity index (χ0) is 14.2. The third-order valence-corrected chi connectivity index (χ3v) is 6.18. The van der Waals surface area contributed by atoms with Gasteiger partial charge in [0, 0.05) is 19.3 Å². The monoisotopic (exact) mass is 276 g/mol. The maximum absolute atomic E-state index is 12.1. The third-order valence-electron chi connectivity index (χ3n) is 4.03. The predicted octanol–water partition coefficient (Wildman–Crippen LogP) is 0.301. The van der Waals surface area contributed by atoms with Gasteiger partial charge < -0.3 is 11.1 Å². The fourth-order valence-corrected chi connectivity index (χ4v) is 2.67. The molecule has 1 saturated carbocycles. The van der Waals surface area contributed by atoms with Crippen LogP contribution < -0.4 is 11.1 Å². The molecule has 5 nitrogen and oxygen atoms in total. The summed E-state index contributed by atoms with van der Waals surface area (Å²) in [6, 6.07) is 0. The van der Waals surface area contributed by atoms with E-state index in [9.17, 15) is 13.2 Å². The molecule has 0 spiro atoms. The molecule has 106 valence electrons. The SMILES string of the molecule is CC1CC(CN)(C(=O)NCC(C)(C)S(C)(=O)=O)C1. The molecule has 0 aromatic heterocycles. The Kier molecular flexibility index (Phi) is 4.13. The van der Waals surface area contributed by atoms with Crippen LogP contribution in [0, 0.1) is 11.3 Å². The second-order valence-corrected chi connectivity index (χ2v) is 8.86. The van der Waals surface area contributed by atoms with Gasteiger partial charge in [-0.1, -0.05) is 6.92 Å². The Labute approximate surface area is 109 Å². The van der Waals surface area contributed by atoms with Crippen molar-refractivity contribution >= 4 is 15.7 Å². The summed E-state index contributed by atoms with van der Waals surface area (Å²) in [6.45, 7) is 5.76. The molecule has 0 unspecified atom stereocenters. The molecule has 0 bridgehead atoms. The molecule has 1 fully saturated rings. The minimum absolute atomic E-state index is 0.111. The van der Waals surface area contributed by atoms with Crippen molar-refractivity contribution in [3.05, 3.63) is 0 Å². The van der Waals surface area contributed by atoms with E-state index in [-0.39, 0.29) is 12.5 Å². The molecule has 3 N–H and O–H groups in total. The average Bonchev–Trinajstić information content (AvgIpc) is 2.19. The molecule has 0 heterocycles. The van der Waals surface area contributed by atoms with Gasteiger partial charge in [0.15, 0.2) is 9.84 Å². The molecule has 0 saturated heterocycles. The molecule has 1 amide bonds. The van der Waals surface area contributed by atoms with Crippen molar-refractivity contribution in [1.29, 1.82) is 0 Å². The van der Waals surface area contributed by atoms with E-state index in [4.69, 9.17) is 5.73 Å². The molecule has 1 rings (SSSR count). The van der Waals surface area contributed by atoms with Crippen LogP contribution in [0.15, 0.2) is 0 Å². The van der Waals surface area contributed by atoms with Gasteiger partial charge in [0.05, 0.1) is 10.2 Å². The van der Waals surface area contributed by atoms with Crippen LogP contribution in [-0.2, 0) is 14.6 Å². The molecule has 1 aliphatic rings. The van der Waals surface area contributed by atoms with E-state index in [1.165, 1.54) is 6.26 Å². The standard InChI is InChI=1S/C12H24N2O3S/c1-9-5-12(6-9,7-13)10(15)14-8-11(2,3)18(4,16)17/h9H,5-8,13H2,1-4H3,(H,14,15). The topological polar surface area (TPSA) is 89.3 Å². The zero-order valence-electron chi connectivity index (χ0n) is 11.6. The second kappa shape index (κ2) is 4.81. The van der Waals surface area contributed by atoms with E-state index < -0.39 is 20.0 Å². The fourth-order valence-electron chi connectivity index (χ4n) is 2.33. The number of hydrogen-bond acceptors (Lipinski definition) is 4. The molecule has 6 heteroatoms. The first-order chi connectivity index (χ1) is 8.04. The zero-order valence-corrected chi connectivity index (χ0v) is 12.4. The fraction of sp³-hybridized carbons (Fsp3) is 0.917. The van der Waals surface area contributed by atoms with E-state index in [1.54, 1.807) is 13.8 Å². The Morgan fingerprint density at radius 2 is 1.94 bits per heavy atom. The van der Waals surface area contributed by atoms with Crippen molar-refractivity contribution in [2.24, 2.45) is 17.1 Å². The molecule has 18 heavy (non-hydrogen) atoms. The van der Waals surface area contributed by atoms with E-state index in [0.29, 0.717) is 12.5 Å². The van der Waals surface area contributed by atoms with Crippen LogP contribution in [0.25, 0.3) is 0 Å². The Morgan fingerprint density at radius 1 is 1.44 bits per heavy atom. The normalized spacial score (nSPS) is 28.6. The highest BCUT2D eigenvalue weighted by atomic mass is 32.2. The van der Waals surface area contributed by atoms with Gasteiger partial charge in [-0.3, -0.25) is 4.79 Å². The predicted molar refractivity (Wildman–Crippen MR) is 71.8 cm³/mol. The lowest BCUT2D eigenvalue weighted by molar-refractivity contribution is -0.138. The lowest BCUT2D eigenvalue weighted by Gasteiger charge is -2.44. The maximum Gasteiger partial charge on any atom is 0.227 e. The third kappa shape index (κ3) is 2.85. The van der Waals surface area contributed by atoms with Crippen molar-refractivity contribution in [3.63, 3.8) is 0 Å². The van der Waals surface area contributed by atoms with Gasteiger partial charge >= 0.3 is 0 Å². The van der Waals surface area contributed by atoms with Crippen LogP contribution in [0.4, 0.5) is 0 Å². The quantitative estimate of drug-likeness (QED) is 0.756. The van der Waals surface area contributed by atoms with Crippen molar-refractivity contribution in [2.45, 2.75) is 38.4 Å². The van der Waals surface area contributed by atoms with E-state index in [2.05, 4.69) is 12.2 Å². The molecule has 0 aromatic rings. The number of nitrogens with two attached hydrogens (primary N) is 1. The summed E-state index contributed by atoms with van der Waals surface area (Å²) in [5.74, 6) is 0.405.